The van der Waals surface area contributed by atoms with Crippen molar-refractivity contribution in [3.05, 3.63) is 23.8 Å². The molecule has 7 nitrogen and oxygen atoms in total. The van der Waals surface area contributed by atoms with Crippen molar-refractivity contribution in [3.63, 3.8) is 0 Å². The molecule has 1 aliphatic heterocycles. The minimum absolute atomic E-state index is 0.0122. The number of alkyl carbamates (subject to hydrolysis) is 1. The van der Waals surface area contributed by atoms with E-state index in [9.17, 15) is 9.59 Å². The van der Waals surface area contributed by atoms with E-state index in [-0.39, 0.29) is 11.9 Å². The lowest BCUT2D eigenvalue weighted by atomic mass is 10.0. The summed E-state index contributed by atoms with van der Waals surface area (Å²) in [6, 6.07) is 5.29. The van der Waals surface area contributed by atoms with Crippen LogP contribution in [0.15, 0.2) is 18.2 Å². The van der Waals surface area contributed by atoms with E-state index in [0.29, 0.717) is 56.2 Å². The van der Waals surface area contributed by atoms with Crippen LogP contribution in [0.5, 0.6) is 11.5 Å². The number of hydrogen-bond acceptors (Lipinski definition) is 5. The van der Waals surface area contributed by atoms with Crippen LogP contribution in [-0.4, -0.2) is 54.8 Å². The van der Waals surface area contributed by atoms with E-state index in [1.165, 1.54) is 0 Å². The van der Waals surface area contributed by atoms with Gasteiger partial charge in [-0.1, -0.05) is 0 Å². The van der Waals surface area contributed by atoms with Crippen LogP contribution in [0, 0.1) is 0 Å². The fraction of sp³-hybridized carbons (Fsp3) is 0.619. The molecule has 1 fully saturated rings. The molecule has 7 heteroatoms. The molecule has 0 spiro atoms. The number of hydrogen-bond donors (Lipinski definition) is 1. The molecular formula is C21H32N2O5. The SMILES string of the molecule is CCOc1ccc(C(=O)N2CCC(NC(=O)OC(C)(C)C)CC2)cc1OCC. The van der Waals surface area contributed by atoms with Crippen molar-refractivity contribution in [2.45, 2.75) is 59.1 Å². The Morgan fingerprint density at radius 3 is 2.25 bits per heavy atom. The smallest absolute Gasteiger partial charge is 0.407 e. The Labute approximate surface area is 167 Å². The summed E-state index contributed by atoms with van der Waals surface area (Å²) in [5.74, 6) is 1.18. The van der Waals surface area contributed by atoms with Gasteiger partial charge in [0.05, 0.1) is 13.2 Å². The van der Waals surface area contributed by atoms with Gasteiger partial charge in [-0.05, 0) is 65.7 Å². The third kappa shape index (κ3) is 6.32. The second kappa shape index (κ2) is 9.66. The van der Waals surface area contributed by atoms with Crippen molar-refractivity contribution in [3.8, 4) is 11.5 Å². The fourth-order valence-electron chi connectivity index (χ4n) is 3.07. The quantitative estimate of drug-likeness (QED) is 0.800. The zero-order valence-electron chi connectivity index (χ0n) is 17.5. The van der Waals surface area contributed by atoms with Gasteiger partial charge in [0.15, 0.2) is 11.5 Å². The third-order valence-corrected chi connectivity index (χ3v) is 4.29. The lowest BCUT2D eigenvalue weighted by Gasteiger charge is -2.33. The van der Waals surface area contributed by atoms with Crippen molar-refractivity contribution in [1.29, 1.82) is 0 Å². The molecule has 28 heavy (non-hydrogen) atoms. The monoisotopic (exact) mass is 392 g/mol. The summed E-state index contributed by atoms with van der Waals surface area (Å²) < 4.78 is 16.5. The standard InChI is InChI=1S/C21H32N2O5/c1-6-26-17-9-8-15(14-18(17)27-7-2)19(24)23-12-10-16(11-13-23)22-20(25)28-21(3,4)5/h8-9,14,16H,6-7,10-13H2,1-5H3,(H,22,25). The van der Waals surface area contributed by atoms with Gasteiger partial charge < -0.3 is 24.4 Å². The molecule has 0 aliphatic carbocycles. The van der Waals surface area contributed by atoms with Crippen LogP contribution >= 0.6 is 0 Å². The van der Waals surface area contributed by atoms with Gasteiger partial charge in [-0.3, -0.25) is 4.79 Å². The van der Waals surface area contributed by atoms with Gasteiger partial charge in [-0.25, -0.2) is 4.79 Å². The Balaban J connectivity index is 1.94. The first-order valence-electron chi connectivity index (χ1n) is 9.92. The van der Waals surface area contributed by atoms with E-state index >= 15 is 0 Å². The molecule has 0 aromatic heterocycles. The summed E-state index contributed by atoms with van der Waals surface area (Å²) >= 11 is 0. The number of ether oxygens (including phenoxy) is 3. The maximum absolute atomic E-state index is 12.9. The molecule has 1 N–H and O–H groups in total. The third-order valence-electron chi connectivity index (χ3n) is 4.29. The van der Waals surface area contributed by atoms with E-state index in [0.717, 1.165) is 0 Å². The first kappa shape index (κ1) is 21.9. The number of carbonyl (C=O) groups excluding carboxylic acids is 2. The molecule has 0 saturated carbocycles. The van der Waals surface area contributed by atoms with Gasteiger partial charge >= 0.3 is 6.09 Å². The maximum Gasteiger partial charge on any atom is 0.407 e. The van der Waals surface area contributed by atoms with E-state index in [1.54, 1.807) is 23.1 Å². The molecular weight excluding hydrogens is 360 g/mol. The van der Waals surface area contributed by atoms with Gasteiger partial charge in [0.25, 0.3) is 5.91 Å². The second-order valence-corrected chi connectivity index (χ2v) is 7.74. The highest BCUT2D eigenvalue weighted by molar-refractivity contribution is 5.95. The normalized spacial score (nSPS) is 15.1. The number of carbonyl (C=O) groups is 2. The van der Waals surface area contributed by atoms with E-state index in [2.05, 4.69) is 5.32 Å². The summed E-state index contributed by atoms with van der Waals surface area (Å²) in [4.78, 5) is 26.6. The van der Waals surface area contributed by atoms with E-state index < -0.39 is 11.7 Å². The molecule has 0 unspecified atom stereocenters. The van der Waals surface area contributed by atoms with E-state index in [4.69, 9.17) is 14.2 Å². The maximum atomic E-state index is 12.9. The van der Waals surface area contributed by atoms with Gasteiger partial charge in [0.1, 0.15) is 5.60 Å². The summed E-state index contributed by atoms with van der Waals surface area (Å²) in [7, 11) is 0. The fourth-order valence-corrected chi connectivity index (χ4v) is 3.07. The molecule has 2 amide bonds. The zero-order chi connectivity index (χ0) is 20.7. The van der Waals surface area contributed by atoms with Gasteiger partial charge in [-0.2, -0.15) is 0 Å². The Kier molecular flexibility index (Phi) is 7.54. The van der Waals surface area contributed by atoms with Crippen molar-refractivity contribution < 1.29 is 23.8 Å². The molecule has 1 aromatic carbocycles. The molecule has 1 aliphatic rings. The molecule has 156 valence electrons. The molecule has 0 atom stereocenters. The number of nitrogens with one attached hydrogen (secondary N) is 1. The zero-order valence-corrected chi connectivity index (χ0v) is 17.5. The Bertz CT molecular complexity index is 676. The van der Waals surface area contributed by atoms with Crippen LogP contribution in [0.2, 0.25) is 0 Å². The lowest BCUT2D eigenvalue weighted by molar-refractivity contribution is 0.0473. The number of likely N-dealkylation sites (tertiary alicyclic amines) is 1. The molecule has 1 heterocycles. The average Bonchev–Trinajstić information content (AvgIpc) is 2.62. The second-order valence-electron chi connectivity index (χ2n) is 7.74. The summed E-state index contributed by atoms with van der Waals surface area (Å²) in [5.41, 5.74) is 0.0533. The summed E-state index contributed by atoms with van der Waals surface area (Å²) in [6.45, 7) is 11.5. The number of nitrogens with zero attached hydrogens (tertiary/aromatic N) is 1. The van der Waals surface area contributed by atoms with Crippen LogP contribution < -0.4 is 14.8 Å². The number of benzene rings is 1. The van der Waals surface area contributed by atoms with Gasteiger partial charge in [0, 0.05) is 24.7 Å². The van der Waals surface area contributed by atoms with Gasteiger partial charge in [0.2, 0.25) is 0 Å². The summed E-state index contributed by atoms with van der Waals surface area (Å²) in [6.07, 6.45) is 0.978. The Morgan fingerprint density at radius 1 is 1.07 bits per heavy atom. The Hall–Kier alpha value is -2.44. The average molecular weight is 392 g/mol. The predicted octanol–water partition coefficient (Wildman–Crippen LogP) is 3.61. The van der Waals surface area contributed by atoms with Crippen LogP contribution in [0.25, 0.3) is 0 Å². The van der Waals surface area contributed by atoms with Crippen LogP contribution in [-0.2, 0) is 4.74 Å². The van der Waals surface area contributed by atoms with Crippen LogP contribution in [0.1, 0.15) is 57.8 Å². The van der Waals surface area contributed by atoms with Crippen LogP contribution in [0.3, 0.4) is 0 Å². The largest absolute Gasteiger partial charge is 0.490 e. The minimum Gasteiger partial charge on any atom is -0.490 e. The molecule has 1 aromatic rings. The van der Waals surface area contributed by atoms with Crippen molar-refractivity contribution >= 4 is 12.0 Å². The number of piperidine rings is 1. The summed E-state index contributed by atoms with van der Waals surface area (Å²) in [5, 5.41) is 2.89. The molecule has 2 rings (SSSR count). The molecule has 0 radical (unpaired) electrons. The first-order chi connectivity index (χ1) is 13.2. The van der Waals surface area contributed by atoms with Crippen molar-refractivity contribution in [2.75, 3.05) is 26.3 Å². The van der Waals surface area contributed by atoms with E-state index in [1.807, 2.05) is 34.6 Å². The highest BCUT2D eigenvalue weighted by Crippen LogP contribution is 2.29. The van der Waals surface area contributed by atoms with Crippen LogP contribution in [0.4, 0.5) is 4.79 Å². The number of amides is 2. The van der Waals surface area contributed by atoms with Crippen molar-refractivity contribution in [2.24, 2.45) is 0 Å². The lowest BCUT2D eigenvalue weighted by Crippen LogP contribution is -2.47. The topological polar surface area (TPSA) is 77.1 Å². The molecule has 0 bridgehead atoms. The van der Waals surface area contributed by atoms with Gasteiger partial charge in [-0.15, -0.1) is 0 Å². The minimum atomic E-state index is -0.521. The Morgan fingerprint density at radius 2 is 1.68 bits per heavy atom. The predicted molar refractivity (Wildman–Crippen MR) is 107 cm³/mol. The first-order valence-corrected chi connectivity index (χ1v) is 9.92. The highest BCUT2D eigenvalue weighted by atomic mass is 16.6. The highest BCUT2D eigenvalue weighted by Gasteiger charge is 2.26. The van der Waals surface area contributed by atoms with Crippen molar-refractivity contribution in [1.82, 2.24) is 10.2 Å². The molecule has 1 saturated heterocycles. The number of rotatable bonds is 6.